The molecule has 3 aromatic rings. The van der Waals surface area contributed by atoms with Crippen LogP contribution in [-0.4, -0.2) is 82.0 Å². The maximum atomic E-state index is 11.6. The zero-order valence-corrected chi connectivity index (χ0v) is 20.8. The van der Waals surface area contributed by atoms with Crippen LogP contribution >= 0.6 is 0 Å². The van der Waals surface area contributed by atoms with Crippen molar-refractivity contribution in [1.82, 2.24) is 19.8 Å². The average Bonchev–Trinajstić information content (AvgIpc) is 2.92. The van der Waals surface area contributed by atoms with Gasteiger partial charge in [-0.25, -0.2) is 4.98 Å². The number of benzene rings is 2. The van der Waals surface area contributed by atoms with E-state index < -0.39 is 11.3 Å². The molecular weight excluding hydrogens is 468 g/mol. The molecule has 1 aromatic heterocycles. The van der Waals surface area contributed by atoms with E-state index in [4.69, 9.17) is 4.74 Å². The molecule has 0 bridgehead atoms. The zero-order valence-electron chi connectivity index (χ0n) is 20.8. The summed E-state index contributed by atoms with van der Waals surface area (Å²) in [5.74, 6) is 5.73. The summed E-state index contributed by atoms with van der Waals surface area (Å²) >= 11 is 0. The van der Waals surface area contributed by atoms with Crippen molar-refractivity contribution in [2.24, 2.45) is 0 Å². The third-order valence-electron chi connectivity index (χ3n) is 7.16. The number of aromatic nitrogens is 2. The van der Waals surface area contributed by atoms with Gasteiger partial charge < -0.3 is 19.9 Å². The molecule has 2 aliphatic heterocycles. The van der Waals surface area contributed by atoms with Gasteiger partial charge in [0.25, 0.3) is 5.56 Å². The maximum absolute atomic E-state index is 11.6. The molecular formula is C29H32N4O4. The predicted octanol–water partition coefficient (Wildman–Crippen LogP) is 1.71. The average molecular weight is 501 g/mol. The van der Waals surface area contributed by atoms with Gasteiger partial charge >= 0.3 is 0 Å². The maximum Gasteiger partial charge on any atom is 0.293 e. The quantitative estimate of drug-likeness (QED) is 0.425. The van der Waals surface area contributed by atoms with Crippen LogP contribution < -0.4 is 5.56 Å². The molecule has 2 fully saturated rings. The van der Waals surface area contributed by atoms with Crippen LogP contribution in [-0.2, 0) is 17.7 Å². The van der Waals surface area contributed by atoms with E-state index in [-0.39, 0.29) is 24.6 Å². The number of aromatic hydroxyl groups is 1. The molecule has 0 radical (unpaired) electrons. The molecule has 1 atom stereocenters. The number of morpholine rings is 1. The first kappa shape index (κ1) is 25.2. The lowest BCUT2D eigenvalue weighted by Crippen LogP contribution is -2.60. The Morgan fingerprint density at radius 2 is 1.68 bits per heavy atom. The monoisotopic (exact) mass is 500 g/mol. The minimum atomic E-state index is -0.585. The smallest absolute Gasteiger partial charge is 0.293 e. The molecule has 192 valence electrons. The highest BCUT2D eigenvalue weighted by Gasteiger charge is 2.32. The van der Waals surface area contributed by atoms with Crippen molar-refractivity contribution in [3.05, 3.63) is 93.2 Å². The summed E-state index contributed by atoms with van der Waals surface area (Å²) in [6.07, 6.45) is 1.51. The molecule has 0 saturated carbocycles. The fourth-order valence-corrected chi connectivity index (χ4v) is 4.88. The van der Waals surface area contributed by atoms with Crippen LogP contribution in [0.3, 0.4) is 0 Å². The van der Waals surface area contributed by atoms with E-state index in [1.165, 1.54) is 11.9 Å². The number of hydrogen-bond acceptors (Lipinski definition) is 7. The van der Waals surface area contributed by atoms with Crippen molar-refractivity contribution in [2.75, 3.05) is 46.0 Å². The number of aromatic amines is 1. The van der Waals surface area contributed by atoms with Crippen molar-refractivity contribution in [2.45, 2.75) is 24.9 Å². The highest BCUT2D eigenvalue weighted by molar-refractivity contribution is 5.44. The van der Waals surface area contributed by atoms with Crippen LogP contribution in [0, 0.1) is 11.8 Å². The standard InChI is InChI=1S/C29H32N4O4/c34-19-25(15-27-28(35)29(36)31-20-30-27)24-9-7-22(8-10-24)2-1-21-3-5-23(6-4-21)16-32-17-26(18-32)33-11-13-37-14-12-33/h3-10,20,25-26,34-35H,11-19H2,(H,30,31,36). The molecule has 3 heterocycles. The second-order valence-electron chi connectivity index (χ2n) is 9.68. The molecule has 37 heavy (non-hydrogen) atoms. The molecule has 0 aliphatic carbocycles. The fourth-order valence-electron chi connectivity index (χ4n) is 4.88. The Bertz CT molecular complexity index is 1300. The van der Waals surface area contributed by atoms with Crippen LogP contribution in [0.4, 0.5) is 0 Å². The van der Waals surface area contributed by atoms with Gasteiger partial charge in [-0.2, -0.15) is 0 Å². The third kappa shape index (κ3) is 6.27. The van der Waals surface area contributed by atoms with E-state index in [9.17, 15) is 15.0 Å². The van der Waals surface area contributed by atoms with Gasteiger partial charge in [0.05, 0.1) is 31.8 Å². The van der Waals surface area contributed by atoms with Gasteiger partial charge in [0.1, 0.15) is 0 Å². The minimum Gasteiger partial charge on any atom is -0.502 e. The molecule has 0 amide bonds. The Labute approximate surface area is 216 Å². The highest BCUT2D eigenvalue weighted by atomic mass is 16.5. The third-order valence-corrected chi connectivity index (χ3v) is 7.16. The van der Waals surface area contributed by atoms with E-state index in [1.807, 2.05) is 24.3 Å². The lowest BCUT2D eigenvalue weighted by molar-refractivity contribution is -0.0344. The lowest BCUT2D eigenvalue weighted by Gasteiger charge is -2.46. The van der Waals surface area contributed by atoms with Gasteiger partial charge in [-0.05, 0) is 35.4 Å². The Hall–Kier alpha value is -3.48. The Balaban J connectivity index is 1.14. The number of nitrogens with zero attached hydrogens (tertiary/aromatic N) is 3. The zero-order chi connectivity index (χ0) is 25.6. The molecule has 3 N–H and O–H groups in total. The summed E-state index contributed by atoms with van der Waals surface area (Å²) < 4.78 is 5.45. The molecule has 5 rings (SSSR count). The van der Waals surface area contributed by atoms with Crippen molar-refractivity contribution >= 4 is 0 Å². The van der Waals surface area contributed by atoms with Crippen LogP contribution in [0.25, 0.3) is 0 Å². The molecule has 8 heteroatoms. The van der Waals surface area contributed by atoms with Gasteiger partial charge in [0.15, 0.2) is 0 Å². The van der Waals surface area contributed by atoms with Crippen LogP contribution in [0.5, 0.6) is 5.75 Å². The number of hydrogen-bond donors (Lipinski definition) is 3. The van der Waals surface area contributed by atoms with Crippen molar-refractivity contribution < 1.29 is 14.9 Å². The molecule has 1 unspecified atom stereocenters. The van der Waals surface area contributed by atoms with Crippen LogP contribution in [0.2, 0.25) is 0 Å². The molecule has 2 aromatic carbocycles. The lowest BCUT2D eigenvalue weighted by atomic mass is 9.94. The number of rotatable bonds is 7. The van der Waals surface area contributed by atoms with Gasteiger partial charge in [-0.15, -0.1) is 0 Å². The number of aliphatic hydroxyl groups excluding tert-OH is 1. The first-order chi connectivity index (χ1) is 18.1. The minimum absolute atomic E-state index is 0.128. The Morgan fingerprint density at radius 3 is 2.32 bits per heavy atom. The Kier molecular flexibility index (Phi) is 7.97. The van der Waals surface area contributed by atoms with Crippen molar-refractivity contribution in [3.63, 3.8) is 0 Å². The van der Waals surface area contributed by atoms with Crippen molar-refractivity contribution in [3.8, 4) is 17.6 Å². The number of H-pyrrole nitrogens is 1. The first-order valence-electron chi connectivity index (χ1n) is 12.7. The van der Waals surface area contributed by atoms with Gasteiger partial charge in [0.2, 0.25) is 5.75 Å². The summed E-state index contributed by atoms with van der Waals surface area (Å²) in [5.41, 5.74) is 3.70. The summed E-state index contributed by atoms with van der Waals surface area (Å²) in [6, 6.07) is 16.8. The molecule has 8 nitrogen and oxygen atoms in total. The first-order valence-corrected chi connectivity index (χ1v) is 12.7. The number of nitrogens with one attached hydrogen (secondary N) is 1. The van der Waals surface area contributed by atoms with Gasteiger partial charge in [-0.3, -0.25) is 14.6 Å². The number of aliphatic hydroxyl groups is 1. The molecule has 2 aliphatic rings. The van der Waals surface area contributed by atoms with Gasteiger partial charge in [0, 0.05) is 62.2 Å². The van der Waals surface area contributed by atoms with E-state index in [0.29, 0.717) is 6.04 Å². The number of likely N-dealkylation sites (tertiary alicyclic amines) is 1. The highest BCUT2D eigenvalue weighted by Crippen LogP contribution is 2.23. The van der Waals surface area contributed by atoms with E-state index in [0.717, 1.165) is 62.6 Å². The normalized spacial score (nSPS) is 17.5. The summed E-state index contributed by atoms with van der Waals surface area (Å²) in [6.45, 7) is 6.89. The van der Waals surface area contributed by atoms with Crippen LogP contribution in [0.15, 0.2) is 59.7 Å². The number of ether oxygens (including phenoxy) is 1. The van der Waals surface area contributed by atoms with Crippen molar-refractivity contribution in [1.29, 1.82) is 0 Å². The second-order valence-corrected chi connectivity index (χ2v) is 9.68. The van der Waals surface area contributed by atoms with E-state index in [1.54, 1.807) is 0 Å². The molecule has 2 saturated heterocycles. The van der Waals surface area contributed by atoms with Crippen LogP contribution in [0.1, 0.15) is 33.9 Å². The topological polar surface area (TPSA) is 102 Å². The Morgan fingerprint density at radius 1 is 1.03 bits per heavy atom. The summed E-state index contributed by atoms with van der Waals surface area (Å²) in [4.78, 5) is 23.0. The van der Waals surface area contributed by atoms with Gasteiger partial charge in [-0.1, -0.05) is 36.1 Å². The SMILES string of the molecule is O=c1[nH]cnc(CC(CO)c2ccc(C#Cc3ccc(CN4CC(N5CCOCC5)C4)cc3)cc2)c1O. The summed E-state index contributed by atoms with van der Waals surface area (Å²) in [7, 11) is 0. The van der Waals surface area contributed by atoms with E-state index in [2.05, 4.69) is 55.9 Å². The summed E-state index contributed by atoms with van der Waals surface area (Å²) in [5, 5.41) is 19.8. The largest absolute Gasteiger partial charge is 0.502 e. The fraction of sp³-hybridized carbons (Fsp3) is 0.379. The predicted molar refractivity (Wildman–Crippen MR) is 140 cm³/mol. The second kappa shape index (κ2) is 11.7. The van der Waals surface area contributed by atoms with E-state index >= 15 is 0 Å². The molecule has 0 spiro atoms.